The summed E-state index contributed by atoms with van der Waals surface area (Å²) in [5, 5.41) is 2.56. The highest BCUT2D eigenvalue weighted by Crippen LogP contribution is 2.42. The Bertz CT molecular complexity index is 896. The number of para-hydroxylation sites is 1. The summed E-state index contributed by atoms with van der Waals surface area (Å²) >= 11 is 1.51. The smallest absolute Gasteiger partial charge is 0.241 e. The number of benzene rings is 2. The van der Waals surface area contributed by atoms with Crippen LogP contribution in [0.4, 0.5) is 5.69 Å². The number of aryl methyl sites for hydroxylation is 2. The molecule has 2 aromatic rings. The first-order valence-electron chi connectivity index (χ1n) is 10.3. The lowest BCUT2D eigenvalue weighted by Gasteiger charge is -2.36. The van der Waals surface area contributed by atoms with Crippen molar-refractivity contribution < 1.29 is 9.59 Å². The number of fused-ring (bicyclic) bond motifs is 1. The van der Waals surface area contributed by atoms with Gasteiger partial charge in [-0.05, 0) is 43.5 Å². The number of rotatable bonds is 7. The number of amides is 2. The van der Waals surface area contributed by atoms with E-state index < -0.39 is 5.25 Å². The minimum atomic E-state index is -0.420. The predicted octanol–water partition coefficient (Wildman–Crippen LogP) is 4.86. The molecule has 0 radical (unpaired) electrons. The molecule has 1 heterocycles. The fraction of sp³-hybridized carbons (Fsp3) is 0.417. The molecule has 0 saturated heterocycles. The minimum Gasteiger partial charge on any atom is -0.356 e. The van der Waals surface area contributed by atoms with Gasteiger partial charge in [-0.15, -0.1) is 11.8 Å². The van der Waals surface area contributed by atoms with Gasteiger partial charge in [-0.1, -0.05) is 56.2 Å². The zero-order valence-corrected chi connectivity index (χ0v) is 18.5. The molecule has 2 aromatic carbocycles. The number of unbranched alkanes of at least 4 members (excludes halogenated alkanes) is 1. The highest BCUT2D eigenvalue weighted by molar-refractivity contribution is 8.01. The van der Waals surface area contributed by atoms with Crippen molar-refractivity contribution in [1.29, 1.82) is 0 Å². The number of hydrogen-bond donors (Lipinski definition) is 1. The summed E-state index contributed by atoms with van der Waals surface area (Å²) in [6.45, 7) is 9.28. The van der Waals surface area contributed by atoms with E-state index in [1.54, 1.807) is 0 Å². The van der Waals surface area contributed by atoms with Crippen LogP contribution in [0.25, 0.3) is 0 Å². The first-order chi connectivity index (χ1) is 13.9. The van der Waals surface area contributed by atoms with E-state index in [0.717, 1.165) is 29.0 Å². The molecule has 154 valence electrons. The third-order valence-electron chi connectivity index (χ3n) is 5.45. The van der Waals surface area contributed by atoms with Crippen LogP contribution in [0.15, 0.2) is 47.4 Å². The maximum Gasteiger partial charge on any atom is 0.241 e. The van der Waals surface area contributed by atoms with Crippen molar-refractivity contribution >= 4 is 29.3 Å². The molecular weight excluding hydrogens is 380 g/mol. The topological polar surface area (TPSA) is 49.4 Å². The van der Waals surface area contributed by atoms with Crippen LogP contribution >= 0.6 is 11.8 Å². The monoisotopic (exact) mass is 410 g/mol. The summed E-state index contributed by atoms with van der Waals surface area (Å²) in [5.74, 6) is -0.429. The van der Waals surface area contributed by atoms with Gasteiger partial charge in [-0.3, -0.25) is 9.59 Å². The molecule has 1 aliphatic rings. The maximum absolute atomic E-state index is 13.5. The minimum absolute atomic E-state index is 0.00717. The van der Waals surface area contributed by atoms with Gasteiger partial charge >= 0.3 is 0 Å². The molecule has 0 aliphatic carbocycles. The van der Waals surface area contributed by atoms with Gasteiger partial charge in [-0.25, -0.2) is 0 Å². The van der Waals surface area contributed by atoms with Crippen molar-refractivity contribution in [1.82, 2.24) is 5.32 Å². The maximum atomic E-state index is 13.5. The van der Waals surface area contributed by atoms with Crippen LogP contribution in [-0.2, 0) is 16.1 Å². The molecule has 4 nitrogen and oxygen atoms in total. The first kappa shape index (κ1) is 21.4. The number of carbonyl (C=O) groups is 2. The van der Waals surface area contributed by atoms with Gasteiger partial charge in [0.1, 0.15) is 5.25 Å². The average Bonchev–Trinajstić information content (AvgIpc) is 2.72. The van der Waals surface area contributed by atoms with E-state index >= 15 is 0 Å². The first-order valence-corrected chi connectivity index (χ1v) is 11.2. The second kappa shape index (κ2) is 9.49. The second-order valence-electron chi connectivity index (χ2n) is 7.79. The Morgan fingerprint density at radius 2 is 1.97 bits per heavy atom. The molecule has 0 bridgehead atoms. The van der Waals surface area contributed by atoms with Crippen LogP contribution in [0.5, 0.6) is 0 Å². The number of carbonyl (C=O) groups excluding carboxylic acids is 2. The Labute approximate surface area is 178 Å². The zero-order valence-electron chi connectivity index (χ0n) is 17.7. The Morgan fingerprint density at radius 3 is 2.72 bits per heavy atom. The molecule has 0 fully saturated rings. The molecule has 2 amide bonds. The highest BCUT2D eigenvalue weighted by atomic mass is 32.2. The molecule has 5 heteroatoms. The number of nitrogens with zero attached hydrogens (tertiary/aromatic N) is 1. The molecule has 29 heavy (non-hydrogen) atoms. The van der Waals surface area contributed by atoms with Crippen LogP contribution in [0.3, 0.4) is 0 Å². The molecule has 3 rings (SSSR count). The van der Waals surface area contributed by atoms with Crippen molar-refractivity contribution in [3.8, 4) is 0 Å². The Hall–Kier alpha value is -2.27. The van der Waals surface area contributed by atoms with E-state index in [0.29, 0.717) is 13.1 Å². The van der Waals surface area contributed by atoms with Crippen LogP contribution in [0.1, 0.15) is 43.4 Å². The van der Waals surface area contributed by atoms with E-state index in [1.165, 1.54) is 22.9 Å². The number of anilines is 1. The van der Waals surface area contributed by atoms with Crippen LogP contribution in [-0.4, -0.2) is 23.6 Å². The highest BCUT2D eigenvalue weighted by Gasteiger charge is 2.39. The Balaban J connectivity index is 1.88. The molecule has 1 N–H and O–H groups in total. The molecule has 0 saturated carbocycles. The van der Waals surface area contributed by atoms with E-state index in [4.69, 9.17) is 0 Å². The molecule has 0 spiro atoms. The standard InChI is InChI=1S/C24H30N2O2S/c1-5-6-13-25-23(27)18(4)22-24(28)26(20-9-7-8-10-21(20)29-22)15-19-14-16(2)11-12-17(19)3/h7-12,14,18,22H,5-6,13,15H2,1-4H3,(H,25,27)/t18-,22+/m1/s1. The fourth-order valence-electron chi connectivity index (χ4n) is 3.55. The Kier molecular flexibility index (Phi) is 7.01. The van der Waals surface area contributed by atoms with Crippen LogP contribution < -0.4 is 10.2 Å². The second-order valence-corrected chi connectivity index (χ2v) is 8.98. The normalized spacial score (nSPS) is 17.0. The van der Waals surface area contributed by atoms with Crippen LogP contribution in [0, 0.1) is 19.8 Å². The van der Waals surface area contributed by atoms with Gasteiger partial charge < -0.3 is 10.2 Å². The van der Waals surface area contributed by atoms with E-state index in [9.17, 15) is 9.59 Å². The average molecular weight is 411 g/mol. The number of hydrogen-bond acceptors (Lipinski definition) is 3. The van der Waals surface area contributed by atoms with Gasteiger partial charge in [0.25, 0.3) is 0 Å². The molecule has 2 atom stereocenters. The molecule has 0 aromatic heterocycles. The fourth-order valence-corrected chi connectivity index (χ4v) is 4.83. The van der Waals surface area contributed by atoms with E-state index in [1.807, 2.05) is 36.1 Å². The van der Waals surface area contributed by atoms with Crippen molar-refractivity contribution in [2.75, 3.05) is 11.4 Å². The summed E-state index contributed by atoms with van der Waals surface area (Å²) in [4.78, 5) is 29.0. The van der Waals surface area contributed by atoms with E-state index in [-0.39, 0.29) is 17.7 Å². The van der Waals surface area contributed by atoms with Gasteiger partial charge in [-0.2, -0.15) is 0 Å². The van der Waals surface area contributed by atoms with Crippen molar-refractivity contribution in [3.05, 3.63) is 59.2 Å². The summed E-state index contributed by atoms with van der Waals surface area (Å²) in [6.07, 6.45) is 1.98. The summed E-state index contributed by atoms with van der Waals surface area (Å²) in [7, 11) is 0. The summed E-state index contributed by atoms with van der Waals surface area (Å²) in [5.41, 5.74) is 4.41. The molecular formula is C24H30N2O2S. The molecule has 1 aliphatic heterocycles. The lowest BCUT2D eigenvalue weighted by molar-refractivity contribution is -0.128. The molecule has 0 unspecified atom stereocenters. The SMILES string of the molecule is CCCCNC(=O)[C@H](C)[C@@H]1Sc2ccccc2N(Cc2cc(C)ccc2C)C1=O. The number of nitrogens with one attached hydrogen (secondary N) is 1. The predicted molar refractivity (Wildman–Crippen MR) is 120 cm³/mol. The third-order valence-corrected chi connectivity index (χ3v) is 6.91. The van der Waals surface area contributed by atoms with Gasteiger partial charge in [0.2, 0.25) is 11.8 Å². The van der Waals surface area contributed by atoms with E-state index in [2.05, 4.69) is 44.3 Å². The Morgan fingerprint density at radius 1 is 1.21 bits per heavy atom. The van der Waals surface area contributed by atoms with Gasteiger partial charge in [0, 0.05) is 11.4 Å². The van der Waals surface area contributed by atoms with Crippen LogP contribution in [0.2, 0.25) is 0 Å². The van der Waals surface area contributed by atoms with Crippen molar-refractivity contribution in [3.63, 3.8) is 0 Å². The number of thioether (sulfide) groups is 1. The van der Waals surface area contributed by atoms with Crippen molar-refractivity contribution in [2.24, 2.45) is 5.92 Å². The lowest BCUT2D eigenvalue weighted by Crippen LogP contribution is -2.47. The third kappa shape index (κ3) is 4.84. The van der Waals surface area contributed by atoms with Gasteiger partial charge in [0.15, 0.2) is 0 Å². The lowest BCUT2D eigenvalue weighted by atomic mass is 10.0. The van der Waals surface area contributed by atoms with Gasteiger partial charge in [0.05, 0.1) is 18.2 Å². The summed E-state index contributed by atoms with van der Waals surface area (Å²) < 4.78 is 0. The largest absolute Gasteiger partial charge is 0.356 e. The zero-order chi connectivity index (χ0) is 21.0. The van der Waals surface area contributed by atoms with Crippen molar-refractivity contribution in [2.45, 2.75) is 57.2 Å². The quantitative estimate of drug-likeness (QED) is 0.663. The summed E-state index contributed by atoms with van der Waals surface area (Å²) in [6, 6.07) is 14.3.